The van der Waals surface area contributed by atoms with E-state index in [9.17, 15) is 23.5 Å². The summed E-state index contributed by atoms with van der Waals surface area (Å²) in [6.07, 6.45) is 2.08. The smallest absolute Gasteiger partial charge is 0.252 e. The van der Waals surface area contributed by atoms with Gasteiger partial charge in [-0.2, -0.15) is 0 Å². The predicted octanol–water partition coefficient (Wildman–Crippen LogP) is 1.17. The summed E-state index contributed by atoms with van der Waals surface area (Å²) >= 11 is 0. The van der Waals surface area contributed by atoms with Crippen molar-refractivity contribution in [2.75, 3.05) is 7.05 Å². The van der Waals surface area contributed by atoms with Gasteiger partial charge in [-0.3, -0.25) is 9.59 Å². The summed E-state index contributed by atoms with van der Waals surface area (Å²) in [5.74, 6) is -3.41. The van der Waals surface area contributed by atoms with Crippen LogP contribution in [0.4, 0.5) is 8.78 Å². The molecule has 22 heavy (non-hydrogen) atoms. The van der Waals surface area contributed by atoms with E-state index in [1.165, 1.54) is 13.1 Å². The van der Waals surface area contributed by atoms with Crippen molar-refractivity contribution in [3.8, 4) is 0 Å². The SMILES string of the molecule is CNC(=O)C(NC(=O)C1(O)CCCC1)c1ccc(F)c(F)c1. The van der Waals surface area contributed by atoms with Crippen LogP contribution in [0.2, 0.25) is 0 Å². The molecule has 3 N–H and O–H groups in total. The van der Waals surface area contributed by atoms with Crippen LogP contribution in [0.25, 0.3) is 0 Å². The van der Waals surface area contributed by atoms with E-state index in [1.807, 2.05) is 0 Å². The third kappa shape index (κ3) is 3.24. The van der Waals surface area contributed by atoms with E-state index in [2.05, 4.69) is 10.6 Å². The van der Waals surface area contributed by atoms with E-state index in [-0.39, 0.29) is 5.56 Å². The van der Waals surface area contributed by atoms with E-state index >= 15 is 0 Å². The molecule has 0 saturated heterocycles. The van der Waals surface area contributed by atoms with Crippen molar-refractivity contribution in [3.63, 3.8) is 0 Å². The van der Waals surface area contributed by atoms with Crippen molar-refractivity contribution in [2.24, 2.45) is 0 Å². The molecule has 120 valence electrons. The highest BCUT2D eigenvalue weighted by molar-refractivity contribution is 5.92. The number of halogens is 2. The number of carbonyl (C=O) groups excluding carboxylic acids is 2. The molecule has 0 bridgehead atoms. The Kier molecular flexibility index (Phi) is 4.75. The van der Waals surface area contributed by atoms with Gasteiger partial charge in [0.05, 0.1) is 0 Å². The summed E-state index contributed by atoms with van der Waals surface area (Å²) in [6, 6.07) is 1.76. The van der Waals surface area contributed by atoms with Gasteiger partial charge < -0.3 is 15.7 Å². The Bertz CT molecular complexity index is 586. The molecule has 2 amide bonds. The lowest BCUT2D eigenvalue weighted by Crippen LogP contribution is -2.49. The van der Waals surface area contributed by atoms with Gasteiger partial charge in [0.25, 0.3) is 5.91 Å². The van der Waals surface area contributed by atoms with Crippen LogP contribution < -0.4 is 10.6 Å². The van der Waals surface area contributed by atoms with Gasteiger partial charge in [0.15, 0.2) is 11.6 Å². The second kappa shape index (κ2) is 6.39. The molecule has 1 aliphatic rings. The first-order valence-corrected chi connectivity index (χ1v) is 7.07. The highest BCUT2D eigenvalue weighted by atomic mass is 19.2. The van der Waals surface area contributed by atoms with Gasteiger partial charge >= 0.3 is 0 Å². The van der Waals surface area contributed by atoms with E-state index in [0.29, 0.717) is 12.8 Å². The van der Waals surface area contributed by atoms with Gasteiger partial charge in [0.2, 0.25) is 5.91 Å². The molecule has 1 atom stereocenters. The number of rotatable bonds is 4. The first-order valence-electron chi connectivity index (χ1n) is 7.07. The molecule has 1 aliphatic carbocycles. The van der Waals surface area contributed by atoms with Crippen molar-refractivity contribution >= 4 is 11.8 Å². The molecule has 0 aliphatic heterocycles. The second-order valence-electron chi connectivity index (χ2n) is 5.43. The lowest BCUT2D eigenvalue weighted by molar-refractivity contribution is -0.142. The van der Waals surface area contributed by atoms with Crippen molar-refractivity contribution in [2.45, 2.75) is 37.3 Å². The summed E-state index contributed by atoms with van der Waals surface area (Å²) < 4.78 is 26.4. The zero-order valence-corrected chi connectivity index (χ0v) is 12.2. The fraction of sp³-hybridized carbons (Fsp3) is 0.467. The number of amides is 2. The number of hydrogen-bond donors (Lipinski definition) is 3. The maximum absolute atomic E-state index is 13.4. The van der Waals surface area contributed by atoms with Gasteiger partial charge in [-0.05, 0) is 43.4 Å². The summed E-state index contributed by atoms with van der Waals surface area (Å²) in [5.41, 5.74) is -1.40. The van der Waals surface area contributed by atoms with Crippen molar-refractivity contribution in [3.05, 3.63) is 35.4 Å². The number of likely N-dealkylation sites (N-methyl/N-ethyl adjacent to an activating group) is 1. The minimum absolute atomic E-state index is 0.105. The molecule has 0 heterocycles. The fourth-order valence-corrected chi connectivity index (χ4v) is 2.59. The van der Waals surface area contributed by atoms with Gasteiger partial charge in [-0.15, -0.1) is 0 Å². The van der Waals surface area contributed by atoms with Gasteiger partial charge in [0.1, 0.15) is 11.6 Å². The average Bonchev–Trinajstić information content (AvgIpc) is 2.95. The number of benzene rings is 1. The molecule has 7 heteroatoms. The van der Waals surface area contributed by atoms with Crippen LogP contribution in [0.1, 0.15) is 37.3 Å². The second-order valence-corrected chi connectivity index (χ2v) is 5.43. The summed E-state index contributed by atoms with van der Waals surface area (Å²) in [5, 5.41) is 15.0. The predicted molar refractivity (Wildman–Crippen MR) is 74.7 cm³/mol. The minimum atomic E-state index is -1.51. The van der Waals surface area contributed by atoms with E-state index in [1.54, 1.807) is 0 Å². The third-order valence-corrected chi connectivity index (χ3v) is 3.91. The van der Waals surface area contributed by atoms with Crippen LogP contribution in [0, 0.1) is 11.6 Å². The molecule has 1 saturated carbocycles. The molecule has 1 unspecified atom stereocenters. The van der Waals surface area contributed by atoms with Crippen LogP contribution in [0.5, 0.6) is 0 Å². The monoisotopic (exact) mass is 312 g/mol. The Balaban J connectivity index is 2.24. The van der Waals surface area contributed by atoms with Crippen molar-refractivity contribution in [1.82, 2.24) is 10.6 Å². The molecule has 0 radical (unpaired) electrons. The molecular weight excluding hydrogens is 294 g/mol. The average molecular weight is 312 g/mol. The lowest BCUT2D eigenvalue weighted by Gasteiger charge is -2.25. The number of aliphatic hydroxyl groups is 1. The third-order valence-electron chi connectivity index (χ3n) is 3.91. The Morgan fingerprint density at radius 2 is 1.86 bits per heavy atom. The normalized spacial score (nSPS) is 17.8. The Morgan fingerprint density at radius 3 is 2.41 bits per heavy atom. The molecule has 5 nitrogen and oxygen atoms in total. The number of hydrogen-bond acceptors (Lipinski definition) is 3. The van der Waals surface area contributed by atoms with Crippen molar-refractivity contribution < 1.29 is 23.5 Å². The number of nitrogens with one attached hydrogen (secondary N) is 2. The highest BCUT2D eigenvalue weighted by Crippen LogP contribution is 2.30. The molecular formula is C15H18F2N2O3. The zero-order chi connectivity index (χ0) is 16.3. The van der Waals surface area contributed by atoms with Gasteiger partial charge in [-0.25, -0.2) is 8.78 Å². The van der Waals surface area contributed by atoms with Crippen LogP contribution >= 0.6 is 0 Å². The standard InChI is InChI=1S/C15H18F2N2O3/c1-18-13(20)12(9-4-5-10(16)11(17)8-9)19-14(21)15(22)6-2-3-7-15/h4-5,8,12,22H,2-3,6-7H2,1H3,(H,18,20)(H,19,21). The van der Waals surface area contributed by atoms with Gasteiger partial charge in [0, 0.05) is 7.05 Å². The van der Waals surface area contributed by atoms with Crippen molar-refractivity contribution in [1.29, 1.82) is 0 Å². The Labute approximate surface area is 126 Å². The zero-order valence-electron chi connectivity index (χ0n) is 12.2. The van der Waals surface area contributed by atoms with E-state index in [0.717, 1.165) is 25.0 Å². The molecule has 1 aromatic rings. The lowest BCUT2D eigenvalue weighted by atomic mass is 9.99. The quantitative estimate of drug-likeness (QED) is 0.781. The summed E-state index contributed by atoms with van der Waals surface area (Å²) in [7, 11) is 1.37. The maximum atomic E-state index is 13.4. The van der Waals surface area contributed by atoms with Crippen LogP contribution in [0.15, 0.2) is 18.2 Å². The van der Waals surface area contributed by atoms with Crippen LogP contribution in [-0.2, 0) is 9.59 Å². The number of carbonyl (C=O) groups is 2. The van der Waals surface area contributed by atoms with E-state index in [4.69, 9.17) is 0 Å². The largest absolute Gasteiger partial charge is 0.380 e. The molecule has 2 rings (SSSR count). The first kappa shape index (κ1) is 16.4. The topological polar surface area (TPSA) is 78.4 Å². The van der Waals surface area contributed by atoms with Gasteiger partial charge in [-0.1, -0.05) is 6.07 Å². The van der Waals surface area contributed by atoms with E-state index < -0.39 is 35.1 Å². The van der Waals surface area contributed by atoms with Crippen LogP contribution in [-0.4, -0.2) is 29.6 Å². The molecule has 1 fully saturated rings. The first-order chi connectivity index (χ1) is 10.4. The Morgan fingerprint density at radius 1 is 1.23 bits per heavy atom. The maximum Gasteiger partial charge on any atom is 0.252 e. The minimum Gasteiger partial charge on any atom is -0.380 e. The molecule has 0 aromatic heterocycles. The summed E-state index contributed by atoms with van der Waals surface area (Å²) in [4.78, 5) is 24.2. The Hall–Kier alpha value is -2.02. The molecule has 0 spiro atoms. The molecule has 1 aromatic carbocycles. The highest BCUT2D eigenvalue weighted by Gasteiger charge is 2.40. The van der Waals surface area contributed by atoms with Crippen LogP contribution in [0.3, 0.4) is 0 Å². The fourth-order valence-electron chi connectivity index (χ4n) is 2.59. The summed E-state index contributed by atoms with van der Waals surface area (Å²) in [6.45, 7) is 0.